The second-order valence-corrected chi connectivity index (χ2v) is 8.29. The van der Waals surface area contributed by atoms with E-state index in [1.54, 1.807) is 18.5 Å². The Bertz CT molecular complexity index is 1000. The molecule has 5 rings (SSSR count). The first-order valence-corrected chi connectivity index (χ1v) is 11.0. The molecule has 2 fully saturated rings. The lowest BCUT2D eigenvalue weighted by Crippen LogP contribution is -2.40. The maximum atomic E-state index is 13.1. The minimum atomic E-state index is -0.385. The number of benzene rings is 1. The summed E-state index contributed by atoms with van der Waals surface area (Å²) in [5, 5.41) is 13.7. The minimum absolute atomic E-state index is 0.163. The number of morpholine rings is 1. The van der Waals surface area contributed by atoms with E-state index in [9.17, 15) is 4.79 Å². The van der Waals surface area contributed by atoms with Crippen LogP contribution in [0.4, 0.5) is 11.4 Å². The van der Waals surface area contributed by atoms with Crippen molar-refractivity contribution < 1.29 is 19.0 Å². The molecule has 1 aromatic carbocycles. The molecule has 1 aromatic rings. The van der Waals surface area contributed by atoms with E-state index in [0.717, 1.165) is 55.6 Å². The SMILES string of the molecule is N=C/C(C(=O)Nc1cc2c(cc1N1CCOCC1)OC1(CCOCC1)C2)=C1/N=CC=CN1. The first kappa shape index (κ1) is 20.7. The Kier molecular flexibility index (Phi) is 5.67. The Hall–Kier alpha value is -3.17. The topological polar surface area (TPSA) is 108 Å². The van der Waals surface area contributed by atoms with Crippen LogP contribution in [0.1, 0.15) is 18.4 Å². The number of amides is 1. The number of allylic oxidation sites excluding steroid dienone is 1. The van der Waals surface area contributed by atoms with Gasteiger partial charge in [0.15, 0.2) is 0 Å². The average molecular weight is 438 g/mol. The third kappa shape index (κ3) is 4.01. The van der Waals surface area contributed by atoms with Crippen LogP contribution in [0.15, 0.2) is 40.8 Å². The number of nitrogens with zero attached hydrogens (tertiary/aromatic N) is 2. The van der Waals surface area contributed by atoms with Gasteiger partial charge < -0.3 is 35.2 Å². The zero-order valence-electron chi connectivity index (χ0n) is 17.9. The van der Waals surface area contributed by atoms with Crippen molar-refractivity contribution in [1.29, 1.82) is 5.41 Å². The van der Waals surface area contributed by atoms with Gasteiger partial charge in [0.2, 0.25) is 0 Å². The van der Waals surface area contributed by atoms with Gasteiger partial charge in [-0.3, -0.25) is 4.79 Å². The van der Waals surface area contributed by atoms with Crippen molar-refractivity contribution in [3.8, 4) is 5.75 Å². The highest BCUT2D eigenvalue weighted by Gasteiger charge is 2.41. The van der Waals surface area contributed by atoms with E-state index in [-0.39, 0.29) is 17.1 Å². The molecule has 4 aliphatic rings. The molecule has 32 heavy (non-hydrogen) atoms. The van der Waals surface area contributed by atoms with Crippen LogP contribution < -0.4 is 20.3 Å². The zero-order chi connectivity index (χ0) is 22.0. The van der Waals surface area contributed by atoms with E-state index in [1.807, 2.05) is 12.1 Å². The normalized spacial score (nSPS) is 22.7. The molecule has 4 aliphatic heterocycles. The molecular formula is C23H27N5O4. The number of fused-ring (bicyclic) bond motifs is 1. The first-order valence-electron chi connectivity index (χ1n) is 11.0. The Labute approximate surface area is 186 Å². The zero-order valence-corrected chi connectivity index (χ0v) is 17.9. The Morgan fingerprint density at radius 2 is 1.97 bits per heavy atom. The summed E-state index contributed by atoms with van der Waals surface area (Å²) in [6.45, 7) is 4.13. The van der Waals surface area contributed by atoms with Crippen LogP contribution in [0.2, 0.25) is 0 Å². The number of carbonyl (C=O) groups is 1. The summed E-state index contributed by atoms with van der Waals surface area (Å²) in [5.41, 5.74) is 2.63. The van der Waals surface area contributed by atoms with Crippen LogP contribution in [0.25, 0.3) is 0 Å². The van der Waals surface area contributed by atoms with Crippen molar-refractivity contribution in [2.45, 2.75) is 24.9 Å². The number of carbonyl (C=O) groups excluding carboxylic acids is 1. The molecule has 9 nitrogen and oxygen atoms in total. The molecule has 1 amide bonds. The molecule has 4 heterocycles. The van der Waals surface area contributed by atoms with Gasteiger partial charge in [0.25, 0.3) is 5.91 Å². The number of rotatable bonds is 4. The van der Waals surface area contributed by atoms with Crippen LogP contribution in [0.5, 0.6) is 5.75 Å². The van der Waals surface area contributed by atoms with Crippen LogP contribution in [0.3, 0.4) is 0 Å². The third-order valence-electron chi connectivity index (χ3n) is 6.27. The maximum absolute atomic E-state index is 13.1. The van der Waals surface area contributed by atoms with E-state index in [1.165, 1.54) is 0 Å². The number of aliphatic imine (C=N–C) groups is 1. The summed E-state index contributed by atoms with van der Waals surface area (Å²) in [5.74, 6) is 0.836. The van der Waals surface area contributed by atoms with Gasteiger partial charge in [-0.05, 0) is 12.1 Å². The highest BCUT2D eigenvalue weighted by molar-refractivity contribution is 6.18. The summed E-state index contributed by atoms with van der Waals surface area (Å²) in [4.78, 5) is 19.5. The molecule has 2 saturated heterocycles. The molecule has 0 bridgehead atoms. The molecule has 0 atom stereocenters. The molecule has 168 valence electrons. The quantitative estimate of drug-likeness (QED) is 0.491. The lowest BCUT2D eigenvalue weighted by Gasteiger charge is -2.33. The Morgan fingerprint density at radius 1 is 1.19 bits per heavy atom. The van der Waals surface area contributed by atoms with Gasteiger partial charge in [0.1, 0.15) is 17.2 Å². The largest absolute Gasteiger partial charge is 0.486 e. The molecular weight excluding hydrogens is 410 g/mol. The van der Waals surface area contributed by atoms with Crippen molar-refractivity contribution in [2.75, 3.05) is 49.7 Å². The Balaban J connectivity index is 1.47. The van der Waals surface area contributed by atoms with Crippen LogP contribution in [-0.4, -0.2) is 63.5 Å². The summed E-state index contributed by atoms with van der Waals surface area (Å²) in [6.07, 6.45) is 8.53. The van der Waals surface area contributed by atoms with Crippen molar-refractivity contribution in [1.82, 2.24) is 5.32 Å². The predicted molar refractivity (Wildman–Crippen MR) is 122 cm³/mol. The monoisotopic (exact) mass is 437 g/mol. The second-order valence-electron chi connectivity index (χ2n) is 8.29. The molecule has 0 aliphatic carbocycles. The minimum Gasteiger partial charge on any atom is -0.486 e. The maximum Gasteiger partial charge on any atom is 0.261 e. The predicted octanol–water partition coefficient (Wildman–Crippen LogP) is 1.99. The van der Waals surface area contributed by atoms with Crippen molar-refractivity contribution >= 4 is 29.7 Å². The Morgan fingerprint density at radius 3 is 2.69 bits per heavy atom. The lowest BCUT2D eigenvalue weighted by atomic mass is 9.89. The van der Waals surface area contributed by atoms with Gasteiger partial charge in [-0.15, -0.1) is 0 Å². The molecule has 0 unspecified atom stereocenters. The standard InChI is InChI=1S/C23H27N5O4/c24-15-17(21-25-4-1-5-26-21)22(29)27-18-12-16-14-23(2-8-30-9-3-23)32-20(16)13-19(18)28-6-10-31-11-7-28/h1,4-5,12-13,15,24-25H,2-3,6-11,14H2,(H,27,29)/b21-17-,24-15?. The van der Waals surface area contributed by atoms with Crippen LogP contribution >= 0.6 is 0 Å². The average Bonchev–Trinajstić information content (AvgIpc) is 3.16. The first-order chi connectivity index (χ1) is 15.7. The van der Waals surface area contributed by atoms with Gasteiger partial charge in [-0.1, -0.05) is 0 Å². The molecule has 9 heteroatoms. The fourth-order valence-corrected chi connectivity index (χ4v) is 4.56. The molecule has 0 aromatic heterocycles. The third-order valence-corrected chi connectivity index (χ3v) is 6.27. The molecule has 0 saturated carbocycles. The van der Waals surface area contributed by atoms with E-state index in [0.29, 0.717) is 37.9 Å². The fourth-order valence-electron chi connectivity index (χ4n) is 4.56. The highest BCUT2D eigenvalue weighted by atomic mass is 16.5. The fraction of sp³-hybridized carbons (Fsp3) is 0.435. The van der Waals surface area contributed by atoms with Crippen LogP contribution in [-0.2, 0) is 20.7 Å². The number of hydrogen-bond donors (Lipinski definition) is 3. The smallest absolute Gasteiger partial charge is 0.261 e. The van der Waals surface area contributed by atoms with E-state index >= 15 is 0 Å². The second kappa shape index (κ2) is 8.76. The van der Waals surface area contributed by atoms with Crippen LogP contribution in [0, 0.1) is 5.41 Å². The van der Waals surface area contributed by atoms with Crippen molar-refractivity contribution in [2.24, 2.45) is 4.99 Å². The van der Waals surface area contributed by atoms with E-state index < -0.39 is 0 Å². The number of anilines is 2. The van der Waals surface area contributed by atoms with Gasteiger partial charge in [0, 0.05) is 62.6 Å². The van der Waals surface area contributed by atoms with Gasteiger partial charge in [0.05, 0.1) is 43.4 Å². The molecule has 3 N–H and O–H groups in total. The number of nitrogens with one attached hydrogen (secondary N) is 3. The molecule has 1 spiro atoms. The molecule has 0 radical (unpaired) electrons. The van der Waals surface area contributed by atoms with E-state index in [4.69, 9.17) is 19.6 Å². The lowest BCUT2D eigenvalue weighted by molar-refractivity contribution is -0.112. The summed E-state index contributed by atoms with van der Waals surface area (Å²) in [7, 11) is 0. The van der Waals surface area contributed by atoms with Crippen molar-refractivity contribution in [3.05, 3.63) is 41.4 Å². The number of ether oxygens (including phenoxy) is 3. The van der Waals surface area contributed by atoms with Crippen molar-refractivity contribution in [3.63, 3.8) is 0 Å². The van der Waals surface area contributed by atoms with Gasteiger partial charge in [-0.2, -0.15) is 0 Å². The highest BCUT2D eigenvalue weighted by Crippen LogP contribution is 2.45. The number of hydrogen-bond acceptors (Lipinski definition) is 8. The van der Waals surface area contributed by atoms with Gasteiger partial charge in [-0.25, -0.2) is 4.99 Å². The van der Waals surface area contributed by atoms with Gasteiger partial charge >= 0.3 is 0 Å². The van der Waals surface area contributed by atoms with E-state index in [2.05, 4.69) is 20.5 Å². The summed E-state index contributed by atoms with van der Waals surface area (Å²) >= 11 is 0. The summed E-state index contributed by atoms with van der Waals surface area (Å²) in [6, 6.07) is 4.06. The summed E-state index contributed by atoms with van der Waals surface area (Å²) < 4.78 is 17.5.